The quantitative estimate of drug-likeness (QED) is 0.772. The molecular weight excluding hydrogens is 278 g/mol. The number of hydrogen-bond acceptors (Lipinski definition) is 2. The summed E-state index contributed by atoms with van der Waals surface area (Å²) in [5, 5.41) is 0. The first-order chi connectivity index (χ1) is 8.02. The van der Waals surface area contributed by atoms with Crippen molar-refractivity contribution in [1.29, 1.82) is 0 Å². The summed E-state index contributed by atoms with van der Waals surface area (Å²) in [7, 11) is 0. The van der Waals surface area contributed by atoms with Crippen molar-refractivity contribution >= 4 is 27.9 Å². The number of carbonyl (C=O) groups excluding carboxylic acids is 1. The van der Waals surface area contributed by atoms with Gasteiger partial charge in [-0.25, -0.2) is 0 Å². The van der Waals surface area contributed by atoms with E-state index in [4.69, 9.17) is 0 Å². The van der Waals surface area contributed by atoms with Gasteiger partial charge in [0.15, 0.2) is 6.29 Å². The van der Waals surface area contributed by atoms with Crippen LogP contribution in [0.15, 0.2) is 22.7 Å². The molecule has 0 unspecified atom stereocenters. The van der Waals surface area contributed by atoms with E-state index in [-0.39, 0.29) is 0 Å². The summed E-state index contributed by atoms with van der Waals surface area (Å²) in [6.07, 6.45) is 3.40. The Morgan fingerprint density at radius 1 is 1.41 bits per heavy atom. The Hall–Kier alpha value is -0.830. The van der Waals surface area contributed by atoms with Gasteiger partial charge < -0.3 is 4.90 Å². The van der Waals surface area contributed by atoms with Crippen molar-refractivity contribution in [1.82, 2.24) is 0 Å². The van der Waals surface area contributed by atoms with Crippen LogP contribution < -0.4 is 4.90 Å². The van der Waals surface area contributed by atoms with E-state index in [0.29, 0.717) is 5.41 Å². The summed E-state index contributed by atoms with van der Waals surface area (Å²) in [5.41, 5.74) is 2.18. The van der Waals surface area contributed by atoms with Gasteiger partial charge in [0.1, 0.15) is 0 Å². The van der Waals surface area contributed by atoms with Crippen molar-refractivity contribution in [3.05, 3.63) is 28.2 Å². The predicted octanol–water partition coefficient (Wildman–Crippen LogP) is 3.89. The Morgan fingerprint density at radius 2 is 2.18 bits per heavy atom. The Labute approximate surface area is 111 Å². The van der Waals surface area contributed by atoms with Crippen molar-refractivity contribution in [2.75, 3.05) is 18.0 Å². The molecule has 1 saturated heterocycles. The lowest BCUT2D eigenvalue weighted by molar-refractivity contribution is 0.112. The van der Waals surface area contributed by atoms with Gasteiger partial charge in [0.25, 0.3) is 0 Å². The zero-order valence-electron chi connectivity index (χ0n) is 10.4. The maximum atomic E-state index is 11.1. The first kappa shape index (κ1) is 12.6. The highest BCUT2D eigenvalue weighted by Crippen LogP contribution is 2.33. The summed E-state index contributed by atoms with van der Waals surface area (Å²) in [6.45, 7) is 6.65. The molecule has 2 nitrogen and oxygen atoms in total. The number of aldehydes is 1. The molecule has 0 radical (unpaired) electrons. The lowest BCUT2D eigenvalue weighted by Crippen LogP contribution is -2.40. The molecule has 1 heterocycles. The van der Waals surface area contributed by atoms with Crippen molar-refractivity contribution in [3.63, 3.8) is 0 Å². The van der Waals surface area contributed by atoms with Gasteiger partial charge in [-0.15, -0.1) is 0 Å². The topological polar surface area (TPSA) is 20.3 Å². The van der Waals surface area contributed by atoms with Crippen molar-refractivity contribution < 1.29 is 4.79 Å². The summed E-state index contributed by atoms with van der Waals surface area (Å²) in [5.74, 6) is 0. The second kappa shape index (κ2) is 4.81. The molecule has 0 saturated carbocycles. The van der Waals surface area contributed by atoms with Gasteiger partial charge in [-0.05, 0) is 36.5 Å². The van der Waals surface area contributed by atoms with Crippen LogP contribution in [0.2, 0.25) is 0 Å². The minimum Gasteiger partial charge on any atom is -0.370 e. The van der Waals surface area contributed by atoms with Gasteiger partial charge in [-0.1, -0.05) is 29.8 Å². The maximum Gasteiger partial charge on any atom is 0.152 e. The summed E-state index contributed by atoms with van der Waals surface area (Å²) >= 11 is 3.41. The zero-order chi connectivity index (χ0) is 12.5. The molecule has 0 N–H and O–H groups in total. The number of rotatable bonds is 2. The lowest BCUT2D eigenvalue weighted by atomic mass is 9.84. The van der Waals surface area contributed by atoms with Crippen LogP contribution in [-0.4, -0.2) is 19.4 Å². The van der Waals surface area contributed by atoms with Gasteiger partial charge in [0.2, 0.25) is 0 Å². The maximum absolute atomic E-state index is 11.1. The van der Waals surface area contributed by atoms with Crippen LogP contribution >= 0.6 is 15.9 Å². The molecule has 0 aromatic heterocycles. The molecule has 0 aliphatic carbocycles. The third-order valence-electron chi connectivity index (χ3n) is 3.36. The van der Waals surface area contributed by atoms with Crippen molar-refractivity contribution in [2.24, 2.45) is 5.41 Å². The van der Waals surface area contributed by atoms with Crippen LogP contribution in [0.25, 0.3) is 0 Å². The van der Waals surface area contributed by atoms with Crippen molar-refractivity contribution in [2.45, 2.75) is 26.7 Å². The molecule has 0 amide bonds. The summed E-state index contributed by atoms with van der Waals surface area (Å²) < 4.78 is 0.958. The molecular formula is C14H18BrNO. The zero-order valence-corrected chi connectivity index (χ0v) is 12.0. The van der Waals surface area contributed by atoms with Crippen molar-refractivity contribution in [3.8, 4) is 0 Å². The van der Waals surface area contributed by atoms with E-state index in [1.165, 1.54) is 12.8 Å². The fourth-order valence-electron chi connectivity index (χ4n) is 2.54. The van der Waals surface area contributed by atoms with E-state index in [0.717, 1.165) is 35.1 Å². The lowest BCUT2D eigenvalue weighted by Gasteiger charge is -2.40. The van der Waals surface area contributed by atoms with Crippen LogP contribution in [0.1, 0.15) is 37.0 Å². The number of hydrogen-bond donors (Lipinski definition) is 0. The third kappa shape index (κ3) is 2.89. The number of benzene rings is 1. The molecule has 2 rings (SSSR count). The van der Waals surface area contributed by atoms with Gasteiger partial charge in [-0.2, -0.15) is 0 Å². The fourth-order valence-corrected chi connectivity index (χ4v) is 2.92. The van der Waals surface area contributed by atoms with Crippen LogP contribution in [0.3, 0.4) is 0 Å². The Morgan fingerprint density at radius 3 is 2.82 bits per heavy atom. The van der Waals surface area contributed by atoms with E-state index in [1.807, 2.05) is 18.2 Å². The van der Waals surface area contributed by atoms with Gasteiger partial charge >= 0.3 is 0 Å². The summed E-state index contributed by atoms with van der Waals surface area (Å²) in [4.78, 5) is 13.5. The number of halogens is 1. The normalized spacial score (nSPS) is 19.1. The molecule has 0 atom stereocenters. The largest absolute Gasteiger partial charge is 0.370 e. The highest BCUT2D eigenvalue weighted by Gasteiger charge is 2.27. The molecule has 17 heavy (non-hydrogen) atoms. The minimum atomic E-state index is 0.339. The smallest absolute Gasteiger partial charge is 0.152 e. The predicted molar refractivity (Wildman–Crippen MR) is 74.8 cm³/mol. The molecule has 92 valence electrons. The SMILES string of the molecule is CC1(C)CCCN(c2ccc(Br)cc2C=O)C1. The van der Waals surface area contributed by atoms with Crippen LogP contribution in [0.4, 0.5) is 5.69 Å². The number of nitrogens with zero attached hydrogens (tertiary/aromatic N) is 1. The van der Waals surface area contributed by atoms with Crippen LogP contribution in [0.5, 0.6) is 0 Å². The van der Waals surface area contributed by atoms with Gasteiger partial charge in [-0.3, -0.25) is 4.79 Å². The van der Waals surface area contributed by atoms with Crippen LogP contribution in [0, 0.1) is 5.41 Å². The number of carbonyl (C=O) groups is 1. The standard InChI is InChI=1S/C14H18BrNO/c1-14(2)6-3-7-16(10-14)13-5-4-12(15)8-11(13)9-17/h4-5,8-9H,3,6-7,10H2,1-2H3. The molecule has 1 fully saturated rings. The first-order valence-electron chi connectivity index (χ1n) is 6.01. The van der Waals surface area contributed by atoms with Crippen LogP contribution in [-0.2, 0) is 0 Å². The highest BCUT2D eigenvalue weighted by atomic mass is 79.9. The average molecular weight is 296 g/mol. The number of piperidine rings is 1. The Bertz CT molecular complexity index is 428. The van der Waals surface area contributed by atoms with E-state index >= 15 is 0 Å². The molecule has 1 aromatic carbocycles. The highest BCUT2D eigenvalue weighted by molar-refractivity contribution is 9.10. The van der Waals surface area contributed by atoms with E-state index in [2.05, 4.69) is 34.7 Å². The fraction of sp³-hybridized carbons (Fsp3) is 0.500. The molecule has 1 aliphatic rings. The second-order valence-electron chi connectivity index (χ2n) is 5.51. The monoisotopic (exact) mass is 295 g/mol. The molecule has 0 spiro atoms. The molecule has 1 aliphatic heterocycles. The molecule has 1 aromatic rings. The second-order valence-corrected chi connectivity index (χ2v) is 6.43. The van der Waals surface area contributed by atoms with E-state index in [1.54, 1.807) is 0 Å². The van der Waals surface area contributed by atoms with Gasteiger partial charge in [0.05, 0.1) is 0 Å². The van der Waals surface area contributed by atoms with Gasteiger partial charge in [0, 0.05) is 28.8 Å². The first-order valence-corrected chi connectivity index (χ1v) is 6.81. The van der Waals surface area contributed by atoms with E-state index < -0.39 is 0 Å². The van der Waals surface area contributed by atoms with E-state index in [9.17, 15) is 4.79 Å². The third-order valence-corrected chi connectivity index (χ3v) is 3.85. The minimum absolute atomic E-state index is 0.339. The molecule has 0 bridgehead atoms. The number of anilines is 1. The summed E-state index contributed by atoms with van der Waals surface area (Å²) in [6, 6.07) is 5.93. The average Bonchev–Trinajstić information content (AvgIpc) is 2.27. The molecule has 3 heteroatoms. The Kier molecular flexibility index (Phi) is 3.57. The Balaban J connectivity index is 2.30.